The van der Waals surface area contributed by atoms with Crippen LogP contribution in [0.3, 0.4) is 0 Å². The minimum atomic E-state index is -1.24. The Morgan fingerprint density at radius 1 is 1.00 bits per heavy atom. The fourth-order valence-electron chi connectivity index (χ4n) is 7.54. The molecule has 0 spiro atoms. The Bertz CT molecular complexity index is 1570. The molecule has 3 aliphatic rings. The number of carbonyl (C=O) groups excluding carboxylic acids is 7. The number of unbranched alkanes of at least 4 members (excludes halogenated alkanes) is 3. The molecule has 0 bridgehead atoms. The third-order valence-electron chi connectivity index (χ3n) is 10.4. The number of likely N-dealkylation sites (tertiary alicyclic amines) is 1. The smallest absolute Gasteiger partial charge is 0.315 e. The van der Waals surface area contributed by atoms with Crippen LogP contribution in [0.2, 0.25) is 0 Å². The van der Waals surface area contributed by atoms with E-state index in [1.807, 2.05) is 30.3 Å². The molecule has 9 N–H and O–H groups in total. The van der Waals surface area contributed by atoms with E-state index in [0.717, 1.165) is 22.6 Å². The van der Waals surface area contributed by atoms with Gasteiger partial charge in [0.05, 0.1) is 24.0 Å². The van der Waals surface area contributed by atoms with Crippen LogP contribution < -0.4 is 32.7 Å². The van der Waals surface area contributed by atoms with E-state index in [1.54, 1.807) is 11.8 Å². The predicted molar refractivity (Wildman–Crippen MR) is 214 cm³/mol. The summed E-state index contributed by atoms with van der Waals surface area (Å²) in [7, 11) is 0. The molecule has 6 amide bonds. The minimum absolute atomic E-state index is 0.0317. The first kappa shape index (κ1) is 44.5. The van der Waals surface area contributed by atoms with E-state index in [1.165, 1.54) is 4.90 Å². The molecule has 0 unspecified atom stereocenters. The third-order valence-corrected chi connectivity index (χ3v) is 12.2. The lowest BCUT2D eigenvalue weighted by molar-refractivity contribution is -0.156. The van der Waals surface area contributed by atoms with Crippen LogP contribution in [0.4, 0.5) is 4.79 Å². The van der Waals surface area contributed by atoms with Crippen molar-refractivity contribution in [1.29, 1.82) is 5.41 Å². The van der Waals surface area contributed by atoms with Crippen molar-refractivity contribution >= 4 is 70.5 Å². The van der Waals surface area contributed by atoms with E-state index in [9.17, 15) is 33.6 Å². The van der Waals surface area contributed by atoms with Crippen molar-refractivity contribution in [3.63, 3.8) is 0 Å². The third kappa shape index (κ3) is 12.6. The van der Waals surface area contributed by atoms with E-state index < -0.39 is 59.2 Å². The van der Waals surface area contributed by atoms with Crippen molar-refractivity contribution in [1.82, 2.24) is 31.1 Å². The number of imide groups is 1. The van der Waals surface area contributed by atoms with Crippen LogP contribution in [0, 0.1) is 5.41 Å². The largest absolute Gasteiger partial charge is 0.370 e. The van der Waals surface area contributed by atoms with E-state index in [4.69, 9.17) is 28.5 Å². The summed E-state index contributed by atoms with van der Waals surface area (Å²) >= 11 is 7.45. The number of nitrogens with two attached hydrogens (primary N) is 2. The van der Waals surface area contributed by atoms with E-state index >= 15 is 0 Å². The van der Waals surface area contributed by atoms with Gasteiger partial charge in [-0.05, 0) is 63.5 Å². The standard InChI is InChI=1S/C38H56ClN9O7S/c39-22-29(49)34(52)25(13-9-19-43-37(41)42)44-35(53)27-14-10-20-47(27)36(54)28(21-24-11-3-1-4-12-24)48(31(50)16-5-2-8-18-40)32(51)17-7-6-15-30-33-26(23-56-30)45-38(55)46-33/h1,3-4,11-12,25-28,30,33H,2,5-10,13-23,40H2,(H,44,53)(H4,41,42,43)(H2,45,46,55)/t25-,26-,27-,28+,30-,33-/m0/s1. The second-order valence-electron chi connectivity index (χ2n) is 14.5. The number of halogens is 1. The Hall–Kier alpha value is -4.22. The van der Waals surface area contributed by atoms with Gasteiger partial charge >= 0.3 is 6.03 Å². The number of hydrogen-bond acceptors (Lipinski definition) is 10. The normalized spacial score (nSPS) is 21.0. The van der Waals surface area contributed by atoms with Crippen LogP contribution in [0.25, 0.3) is 0 Å². The first-order valence-corrected chi connectivity index (χ1v) is 21.1. The predicted octanol–water partition coefficient (Wildman–Crippen LogP) is 1.31. The molecular formula is C38H56ClN9O7S. The highest BCUT2D eigenvalue weighted by molar-refractivity contribution is 8.00. The number of Topliss-reactive ketones (excluding diaryl/α,β-unsaturated/α-hetero) is 2. The molecule has 0 aromatic heterocycles. The number of thioether (sulfide) groups is 1. The van der Waals surface area contributed by atoms with Gasteiger partial charge in [-0.3, -0.25) is 39.1 Å². The molecular weight excluding hydrogens is 762 g/mol. The molecule has 56 heavy (non-hydrogen) atoms. The number of hydrogen-bond donors (Lipinski definition) is 7. The summed E-state index contributed by atoms with van der Waals surface area (Å²) in [6, 6.07) is 5.55. The lowest BCUT2D eigenvalue weighted by Gasteiger charge is -2.35. The molecule has 3 fully saturated rings. The average Bonchev–Trinajstić information content (AvgIpc) is 3.92. The van der Waals surface area contributed by atoms with Gasteiger partial charge in [-0.15, -0.1) is 11.6 Å². The molecule has 0 aliphatic carbocycles. The number of benzene rings is 1. The molecule has 1 aromatic rings. The molecule has 1 aromatic carbocycles. The van der Waals surface area contributed by atoms with Crippen LogP contribution in [0.1, 0.15) is 82.6 Å². The number of rotatable bonds is 23. The van der Waals surface area contributed by atoms with Crippen molar-refractivity contribution in [2.75, 3.05) is 31.3 Å². The maximum atomic E-state index is 14.7. The Morgan fingerprint density at radius 2 is 1.71 bits per heavy atom. The number of nitrogens with one attached hydrogen (secondary N) is 5. The summed E-state index contributed by atoms with van der Waals surface area (Å²) in [5, 5.41) is 18.8. The topological polar surface area (TPSA) is 250 Å². The zero-order chi connectivity index (χ0) is 40.6. The van der Waals surface area contributed by atoms with Gasteiger partial charge in [0.25, 0.3) is 0 Å². The summed E-state index contributed by atoms with van der Waals surface area (Å²) in [5.74, 6) is -3.89. The van der Waals surface area contributed by atoms with Crippen molar-refractivity contribution < 1.29 is 33.6 Å². The summed E-state index contributed by atoms with van der Waals surface area (Å²) in [6.07, 6.45) is 4.99. The fraction of sp³-hybridized carbons (Fsp3) is 0.632. The van der Waals surface area contributed by atoms with E-state index in [-0.39, 0.29) is 80.9 Å². The zero-order valence-electron chi connectivity index (χ0n) is 31.8. The van der Waals surface area contributed by atoms with Gasteiger partial charge in [0.15, 0.2) is 5.96 Å². The second kappa shape index (κ2) is 22.5. The van der Waals surface area contributed by atoms with Gasteiger partial charge in [-0.2, -0.15) is 11.8 Å². The molecule has 16 nitrogen and oxygen atoms in total. The number of ketones is 2. The number of carbonyl (C=O) groups is 7. The lowest BCUT2D eigenvalue weighted by Crippen LogP contribution is -2.58. The van der Waals surface area contributed by atoms with Crippen molar-refractivity contribution in [3.8, 4) is 0 Å². The SMILES string of the molecule is N=C(N)NCCC[C@H](NC(=O)[C@@H]1CCCN1C(=O)[C@@H](Cc1ccccc1)N(C(=O)CCCCCN)C(=O)CCCC[C@@H]1SC[C@@H]2NC(=O)N[C@@H]21)C(=O)C(=O)CCl. The monoisotopic (exact) mass is 817 g/mol. The maximum Gasteiger partial charge on any atom is 0.315 e. The molecule has 18 heteroatoms. The molecule has 3 aliphatic heterocycles. The number of guanidine groups is 1. The highest BCUT2D eigenvalue weighted by atomic mass is 35.5. The summed E-state index contributed by atoms with van der Waals surface area (Å²) in [5.41, 5.74) is 11.8. The fourth-order valence-corrected chi connectivity index (χ4v) is 9.21. The number of amides is 6. The Morgan fingerprint density at radius 3 is 2.39 bits per heavy atom. The summed E-state index contributed by atoms with van der Waals surface area (Å²) in [6.45, 7) is 0.871. The highest BCUT2D eigenvalue weighted by Gasteiger charge is 2.44. The Kier molecular flexibility index (Phi) is 17.9. The molecule has 3 heterocycles. The average molecular weight is 818 g/mol. The first-order valence-electron chi connectivity index (χ1n) is 19.5. The summed E-state index contributed by atoms with van der Waals surface area (Å²) < 4.78 is 0. The Balaban J connectivity index is 1.54. The van der Waals surface area contributed by atoms with Crippen LogP contribution in [0.5, 0.6) is 0 Å². The van der Waals surface area contributed by atoms with Crippen molar-refractivity contribution in [2.45, 2.75) is 119 Å². The van der Waals surface area contributed by atoms with E-state index in [2.05, 4.69) is 21.3 Å². The van der Waals surface area contributed by atoms with Gasteiger partial charge < -0.3 is 37.6 Å². The van der Waals surface area contributed by atoms with Crippen molar-refractivity contribution in [3.05, 3.63) is 35.9 Å². The number of fused-ring (bicyclic) bond motifs is 1. The van der Waals surface area contributed by atoms with Crippen LogP contribution in [-0.4, -0.2) is 124 Å². The first-order chi connectivity index (χ1) is 26.9. The zero-order valence-corrected chi connectivity index (χ0v) is 33.3. The minimum Gasteiger partial charge on any atom is -0.370 e. The van der Waals surface area contributed by atoms with Gasteiger partial charge in [-0.1, -0.05) is 43.2 Å². The van der Waals surface area contributed by atoms with Gasteiger partial charge in [0.1, 0.15) is 12.1 Å². The maximum absolute atomic E-state index is 14.7. The summed E-state index contributed by atoms with van der Waals surface area (Å²) in [4.78, 5) is 96.4. The van der Waals surface area contributed by atoms with Gasteiger partial charge in [-0.25, -0.2) is 4.79 Å². The van der Waals surface area contributed by atoms with Crippen LogP contribution >= 0.6 is 23.4 Å². The van der Waals surface area contributed by atoms with Crippen LogP contribution in [-0.2, 0) is 35.2 Å². The number of alkyl halides is 1. The highest BCUT2D eigenvalue weighted by Crippen LogP contribution is 2.33. The lowest BCUT2D eigenvalue weighted by atomic mass is 9.99. The van der Waals surface area contributed by atoms with Crippen molar-refractivity contribution in [2.24, 2.45) is 11.5 Å². The molecule has 308 valence electrons. The van der Waals surface area contributed by atoms with Gasteiger partial charge in [0, 0.05) is 43.4 Å². The molecule has 0 saturated carbocycles. The van der Waals surface area contributed by atoms with Crippen LogP contribution in [0.15, 0.2) is 30.3 Å². The molecule has 4 rings (SSSR count). The van der Waals surface area contributed by atoms with E-state index in [0.29, 0.717) is 45.1 Å². The quantitative estimate of drug-likeness (QED) is 0.0207. The molecule has 0 radical (unpaired) electrons. The number of nitrogens with zero attached hydrogens (tertiary/aromatic N) is 2. The number of urea groups is 1. The second-order valence-corrected chi connectivity index (χ2v) is 16.0. The Labute approximate surface area is 337 Å². The molecule has 6 atom stereocenters. The van der Waals surface area contributed by atoms with Gasteiger partial charge in [0.2, 0.25) is 35.2 Å². The molecule has 3 saturated heterocycles.